The summed E-state index contributed by atoms with van der Waals surface area (Å²) in [5.41, 5.74) is 1.98. The molecule has 0 bridgehead atoms. The van der Waals surface area contributed by atoms with Gasteiger partial charge in [-0.25, -0.2) is 9.37 Å². The number of anilines is 1. The smallest absolute Gasteiger partial charge is 0.143 e. The van der Waals surface area contributed by atoms with Crippen molar-refractivity contribution in [3.8, 4) is 6.07 Å². The van der Waals surface area contributed by atoms with E-state index in [0.717, 1.165) is 12.8 Å². The van der Waals surface area contributed by atoms with Crippen LogP contribution in [0.1, 0.15) is 32.3 Å². The maximum Gasteiger partial charge on any atom is 0.143 e. The Morgan fingerprint density at radius 2 is 2.26 bits per heavy atom. The fourth-order valence-electron chi connectivity index (χ4n) is 2.86. The summed E-state index contributed by atoms with van der Waals surface area (Å²) < 4.78 is 15.8. The van der Waals surface area contributed by atoms with Gasteiger partial charge in [-0.2, -0.15) is 5.26 Å². The molecule has 1 aliphatic carbocycles. The van der Waals surface area contributed by atoms with Crippen LogP contribution in [-0.4, -0.2) is 15.6 Å². The van der Waals surface area contributed by atoms with Crippen molar-refractivity contribution in [2.45, 2.75) is 32.7 Å². The number of nitriles is 1. The van der Waals surface area contributed by atoms with Crippen molar-refractivity contribution in [1.82, 2.24) is 9.55 Å². The zero-order valence-corrected chi connectivity index (χ0v) is 13.3. The second kappa shape index (κ2) is 5.88. The molecule has 0 aliphatic heterocycles. The van der Waals surface area contributed by atoms with Gasteiger partial charge >= 0.3 is 0 Å². The number of imidazole rings is 1. The first-order valence-corrected chi connectivity index (χ1v) is 7.65. The van der Waals surface area contributed by atoms with E-state index in [2.05, 4.69) is 30.2 Å². The van der Waals surface area contributed by atoms with Crippen LogP contribution >= 0.6 is 0 Å². The van der Waals surface area contributed by atoms with E-state index < -0.39 is 5.82 Å². The number of nitrogens with zero attached hydrogens (tertiary/aromatic N) is 3. The summed E-state index contributed by atoms with van der Waals surface area (Å²) in [6, 6.07) is 6.55. The number of hydrogen-bond acceptors (Lipinski definition) is 3. The number of allylic oxidation sites excluding steroid dienone is 1. The molecule has 0 amide bonds. The summed E-state index contributed by atoms with van der Waals surface area (Å²) in [6.45, 7) is 4.40. The molecule has 1 N–H and O–H groups in total. The molecular formula is C18H19FN4. The van der Waals surface area contributed by atoms with Crippen LogP contribution in [0.15, 0.2) is 43.0 Å². The SMILES string of the molecule is CC1(C)CCC(n2ccnc2)=CC1Nc1ccc(C#N)c(F)c1. The van der Waals surface area contributed by atoms with Crippen LogP contribution in [0.2, 0.25) is 0 Å². The van der Waals surface area contributed by atoms with E-state index in [1.807, 2.05) is 16.8 Å². The Kier molecular flexibility index (Phi) is 3.91. The minimum Gasteiger partial charge on any atom is -0.378 e. The topological polar surface area (TPSA) is 53.6 Å². The number of rotatable bonds is 3. The lowest BCUT2D eigenvalue weighted by atomic mass is 9.75. The molecule has 23 heavy (non-hydrogen) atoms. The Hall–Kier alpha value is -2.61. The minimum absolute atomic E-state index is 0.0501. The van der Waals surface area contributed by atoms with Crippen LogP contribution in [0.4, 0.5) is 10.1 Å². The molecule has 1 atom stereocenters. The van der Waals surface area contributed by atoms with Gasteiger partial charge in [-0.15, -0.1) is 0 Å². The molecule has 0 radical (unpaired) electrons. The van der Waals surface area contributed by atoms with Gasteiger partial charge < -0.3 is 9.88 Å². The van der Waals surface area contributed by atoms with Crippen LogP contribution in [0, 0.1) is 22.6 Å². The highest BCUT2D eigenvalue weighted by Crippen LogP contribution is 2.38. The van der Waals surface area contributed by atoms with Crippen molar-refractivity contribution < 1.29 is 4.39 Å². The van der Waals surface area contributed by atoms with Crippen LogP contribution in [0.3, 0.4) is 0 Å². The predicted octanol–water partition coefficient (Wildman–Crippen LogP) is 4.04. The van der Waals surface area contributed by atoms with Gasteiger partial charge in [-0.1, -0.05) is 13.8 Å². The molecule has 118 valence electrons. The highest BCUT2D eigenvalue weighted by atomic mass is 19.1. The number of nitrogens with one attached hydrogen (secondary N) is 1. The Balaban J connectivity index is 1.88. The lowest BCUT2D eigenvalue weighted by Gasteiger charge is -2.38. The predicted molar refractivity (Wildman–Crippen MR) is 88.0 cm³/mol. The van der Waals surface area contributed by atoms with Crippen molar-refractivity contribution in [2.75, 3.05) is 5.32 Å². The molecule has 1 aliphatic rings. The largest absolute Gasteiger partial charge is 0.378 e. The molecule has 3 rings (SSSR count). The Labute approximate surface area is 135 Å². The summed E-state index contributed by atoms with van der Waals surface area (Å²) in [6.07, 6.45) is 9.67. The molecular weight excluding hydrogens is 291 g/mol. The van der Waals surface area contributed by atoms with Gasteiger partial charge in [0.1, 0.15) is 11.9 Å². The van der Waals surface area contributed by atoms with E-state index >= 15 is 0 Å². The fraction of sp³-hybridized carbons (Fsp3) is 0.333. The third kappa shape index (κ3) is 3.11. The van der Waals surface area contributed by atoms with Crippen LogP contribution < -0.4 is 5.32 Å². The van der Waals surface area contributed by atoms with E-state index in [1.54, 1.807) is 18.6 Å². The Bertz CT molecular complexity index is 769. The third-order valence-corrected chi connectivity index (χ3v) is 4.47. The molecule has 0 saturated heterocycles. The van der Waals surface area contributed by atoms with E-state index in [-0.39, 0.29) is 17.0 Å². The molecule has 1 heterocycles. The summed E-state index contributed by atoms with van der Waals surface area (Å²) in [4.78, 5) is 4.09. The Morgan fingerprint density at radius 3 is 2.91 bits per heavy atom. The van der Waals surface area contributed by atoms with Gasteiger partial charge in [-0.05, 0) is 42.5 Å². The second-order valence-electron chi connectivity index (χ2n) is 6.54. The molecule has 4 nitrogen and oxygen atoms in total. The van der Waals surface area contributed by atoms with E-state index in [1.165, 1.54) is 17.8 Å². The zero-order chi connectivity index (χ0) is 16.4. The minimum atomic E-state index is -0.495. The number of halogens is 1. The van der Waals surface area contributed by atoms with Crippen molar-refractivity contribution in [3.63, 3.8) is 0 Å². The monoisotopic (exact) mass is 310 g/mol. The average molecular weight is 310 g/mol. The maximum absolute atomic E-state index is 13.8. The summed E-state index contributed by atoms with van der Waals surface area (Å²) in [7, 11) is 0. The molecule has 0 fully saturated rings. The average Bonchev–Trinajstić information content (AvgIpc) is 3.04. The van der Waals surface area contributed by atoms with E-state index in [0.29, 0.717) is 5.69 Å². The van der Waals surface area contributed by atoms with Crippen LogP contribution in [0.25, 0.3) is 5.70 Å². The quantitative estimate of drug-likeness (QED) is 0.931. The molecule has 0 saturated carbocycles. The number of hydrogen-bond donors (Lipinski definition) is 1. The summed E-state index contributed by atoms with van der Waals surface area (Å²) in [5.74, 6) is -0.495. The van der Waals surface area contributed by atoms with Crippen molar-refractivity contribution in [3.05, 3.63) is 54.4 Å². The highest BCUT2D eigenvalue weighted by Gasteiger charge is 2.32. The molecule has 2 aromatic rings. The lowest BCUT2D eigenvalue weighted by Crippen LogP contribution is -2.37. The maximum atomic E-state index is 13.8. The third-order valence-electron chi connectivity index (χ3n) is 4.47. The van der Waals surface area contributed by atoms with Crippen LogP contribution in [0.5, 0.6) is 0 Å². The number of benzene rings is 1. The van der Waals surface area contributed by atoms with Gasteiger partial charge in [0.25, 0.3) is 0 Å². The second-order valence-corrected chi connectivity index (χ2v) is 6.54. The summed E-state index contributed by atoms with van der Waals surface area (Å²) >= 11 is 0. The van der Waals surface area contributed by atoms with Gasteiger partial charge in [0, 0.05) is 23.8 Å². The normalized spacial score (nSPS) is 19.7. The summed E-state index contributed by atoms with van der Waals surface area (Å²) in [5, 5.41) is 12.2. The number of aromatic nitrogens is 2. The first-order chi connectivity index (χ1) is 11.0. The van der Waals surface area contributed by atoms with Gasteiger partial charge in [0.15, 0.2) is 0 Å². The van der Waals surface area contributed by atoms with Gasteiger partial charge in [0.2, 0.25) is 0 Å². The first kappa shape index (κ1) is 15.3. The molecule has 1 unspecified atom stereocenters. The molecule has 5 heteroatoms. The Morgan fingerprint density at radius 1 is 1.43 bits per heavy atom. The van der Waals surface area contributed by atoms with Crippen molar-refractivity contribution in [2.24, 2.45) is 5.41 Å². The van der Waals surface area contributed by atoms with E-state index in [9.17, 15) is 4.39 Å². The standard InChI is InChI=1S/C18H19FN4/c1-18(2)6-5-15(23-8-7-21-12-23)10-17(18)22-14-4-3-13(11-20)16(19)9-14/h3-4,7-10,12,17,22H,5-6H2,1-2H3. The van der Waals surface area contributed by atoms with Crippen molar-refractivity contribution in [1.29, 1.82) is 5.26 Å². The first-order valence-electron chi connectivity index (χ1n) is 7.65. The zero-order valence-electron chi connectivity index (χ0n) is 13.3. The molecule has 1 aromatic carbocycles. The lowest BCUT2D eigenvalue weighted by molar-refractivity contribution is 0.304. The van der Waals surface area contributed by atoms with E-state index in [4.69, 9.17) is 5.26 Å². The van der Waals surface area contributed by atoms with Crippen molar-refractivity contribution >= 4 is 11.4 Å². The highest BCUT2D eigenvalue weighted by molar-refractivity contribution is 5.54. The molecule has 1 aromatic heterocycles. The van der Waals surface area contributed by atoms with Gasteiger partial charge in [-0.3, -0.25) is 0 Å². The fourth-order valence-corrected chi connectivity index (χ4v) is 2.86. The molecule has 0 spiro atoms. The van der Waals surface area contributed by atoms with Gasteiger partial charge in [0.05, 0.1) is 17.9 Å². The van der Waals surface area contributed by atoms with Crippen LogP contribution in [-0.2, 0) is 0 Å².